The zero-order valence-electron chi connectivity index (χ0n) is 15.3. The second-order valence-electron chi connectivity index (χ2n) is 6.17. The van der Waals surface area contributed by atoms with Gasteiger partial charge in [-0.3, -0.25) is 4.99 Å². The van der Waals surface area contributed by atoms with Crippen molar-refractivity contribution in [1.29, 1.82) is 0 Å². The van der Waals surface area contributed by atoms with E-state index in [1.54, 1.807) is 23.9 Å². The van der Waals surface area contributed by atoms with E-state index >= 15 is 0 Å². The van der Waals surface area contributed by atoms with Gasteiger partial charge in [-0.05, 0) is 48.4 Å². The number of anilines is 1. The SMILES string of the molecule is C=C(NNS(=O)(=O)c1ccc(Br)cc1)c1ccc(NC2=N[C@H](CC)CS2)cc1. The van der Waals surface area contributed by atoms with Crippen LogP contribution in [0.1, 0.15) is 18.9 Å². The molecule has 0 aromatic heterocycles. The fourth-order valence-electron chi connectivity index (χ4n) is 2.44. The van der Waals surface area contributed by atoms with Crippen LogP contribution in [-0.4, -0.2) is 25.4 Å². The van der Waals surface area contributed by atoms with E-state index in [-0.39, 0.29) is 4.90 Å². The first-order valence-electron chi connectivity index (χ1n) is 8.68. The Morgan fingerprint density at radius 1 is 1.21 bits per heavy atom. The Kier molecular flexibility index (Phi) is 6.82. The predicted molar refractivity (Wildman–Crippen MR) is 121 cm³/mol. The van der Waals surface area contributed by atoms with E-state index < -0.39 is 10.0 Å². The van der Waals surface area contributed by atoms with E-state index in [1.165, 1.54) is 12.1 Å². The summed E-state index contributed by atoms with van der Waals surface area (Å²) in [7, 11) is -3.69. The number of aliphatic imine (C=N–C) groups is 1. The lowest BCUT2D eigenvalue weighted by atomic mass is 10.1. The van der Waals surface area contributed by atoms with Gasteiger partial charge in [-0.1, -0.05) is 53.3 Å². The van der Waals surface area contributed by atoms with Crippen LogP contribution in [-0.2, 0) is 10.0 Å². The molecule has 9 heteroatoms. The summed E-state index contributed by atoms with van der Waals surface area (Å²) in [5, 5.41) is 4.23. The molecule has 3 rings (SSSR count). The molecule has 0 bridgehead atoms. The molecule has 1 heterocycles. The molecule has 1 aliphatic heterocycles. The fourth-order valence-corrected chi connectivity index (χ4v) is 4.65. The Labute approximate surface area is 178 Å². The van der Waals surface area contributed by atoms with Gasteiger partial charge in [0.15, 0.2) is 5.17 Å². The van der Waals surface area contributed by atoms with Crippen LogP contribution in [0.25, 0.3) is 5.70 Å². The second-order valence-corrected chi connectivity index (χ2v) is 9.78. The number of rotatable bonds is 7. The Morgan fingerprint density at radius 3 is 2.50 bits per heavy atom. The fraction of sp³-hybridized carbons (Fsp3) is 0.211. The number of halogens is 1. The average Bonchev–Trinajstić information content (AvgIpc) is 3.15. The third kappa shape index (κ3) is 5.38. The molecule has 0 aliphatic carbocycles. The average molecular weight is 481 g/mol. The van der Waals surface area contributed by atoms with Crippen molar-refractivity contribution < 1.29 is 8.42 Å². The van der Waals surface area contributed by atoms with E-state index in [1.807, 2.05) is 24.3 Å². The zero-order chi connectivity index (χ0) is 20.1. The summed E-state index contributed by atoms with van der Waals surface area (Å²) in [5.74, 6) is 1.01. The number of amidine groups is 1. The number of hydrogen-bond donors (Lipinski definition) is 3. The van der Waals surface area contributed by atoms with Gasteiger partial charge in [0, 0.05) is 21.6 Å². The first kappa shape index (κ1) is 20.9. The molecule has 2 aromatic carbocycles. The summed E-state index contributed by atoms with van der Waals surface area (Å²) >= 11 is 5.01. The second kappa shape index (κ2) is 9.13. The van der Waals surface area contributed by atoms with Crippen LogP contribution in [0.4, 0.5) is 5.69 Å². The summed E-state index contributed by atoms with van der Waals surface area (Å²) in [6, 6.07) is 14.3. The highest BCUT2D eigenvalue weighted by atomic mass is 79.9. The molecule has 1 atom stereocenters. The van der Waals surface area contributed by atoms with Crippen LogP contribution in [0.5, 0.6) is 0 Å². The molecule has 6 nitrogen and oxygen atoms in total. The van der Waals surface area contributed by atoms with Crippen LogP contribution < -0.4 is 15.6 Å². The molecule has 2 aromatic rings. The van der Waals surface area contributed by atoms with Crippen molar-refractivity contribution in [3.8, 4) is 0 Å². The molecule has 0 amide bonds. The molecule has 0 saturated carbocycles. The number of nitrogens with zero attached hydrogens (tertiary/aromatic N) is 1. The van der Waals surface area contributed by atoms with Crippen molar-refractivity contribution >= 4 is 54.3 Å². The molecule has 0 spiro atoms. The van der Waals surface area contributed by atoms with Gasteiger partial charge < -0.3 is 10.7 Å². The predicted octanol–water partition coefficient (Wildman–Crippen LogP) is 4.20. The zero-order valence-corrected chi connectivity index (χ0v) is 18.5. The maximum atomic E-state index is 12.3. The summed E-state index contributed by atoms with van der Waals surface area (Å²) in [5.41, 5.74) is 4.82. The molecule has 0 radical (unpaired) electrons. The van der Waals surface area contributed by atoms with E-state index in [0.717, 1.165) is 33.1 Å². The monoisotopic (exact) mass is 480 g/mol. The van der Waals surface area contributed by atoms with Gasteiger partial charge in [0.2, 0.25) is 0 Å². The molecule has 1 aliphatic rings. The number of nitrogens with one attached hydrogen (secondary N) is 3. The van der Waals surface area contributed by atoms with Crippen molar-refractivity contribution in [2.24, 2.45) is 4.99 Å². The number of thioether (sulfide) groups is 1. The number of hydrogen-bond acceptors (Lipinski definition) is 6. The van der Waals surface area contributed by atoms with Crippen molar-refractivity contribution in [2.45, 2.75) is 24.3 Å². The van der Waals surface area contributed by atoms with Crippen LogP contribution in [0.15, 0.2) is 69.5 Å². The van der Waals surface area contributed by atoms with Gasteiger partial charge in [-0.25, -0.2) is 8.42 Å². The lowest BCUT2D eigenvalue weighted by molar-refractivity contribution is 0.576. The number of sulfonamides is 1. The van der Waals surface area contributed by atoms with Crippen LogP contribution in [0.3, 0.4) is 0 Å². The van der Waals surface area contributed by atoms with Crippen LogP contribution in [0, 0.1) is 0 Å². The van der Waals surface area contributed by atoms with Gasteiger partial charge in [0.25, 0.3) is 10.0 Å². The van der Waals surface area contributed by atoms with E-state index in [0.29, 0.717) is 11.7 Å². The third-order valence-electron chi connectivity index (χ3n) is 4.13. The van der Waals surface area contributed by atoms with Gasteiger partial charge in [0.05, 0.1) is 10.9 Å². The summed E-state index contributed by atoms with van der Waals surface area (Å²) in [6.45, 7) is 6.03. The molecular formula is C19H21BrN4O2S2. The van der Waals surface area contributed by atoms with Crippen molar-refractivity contribution in [3.63, 3.8) is 0 Å². The summed E-state index contributed by atoms with van der Waals surface area (Å²) in [4.78, 5) is 7.12. The maximum absolute atomic E-state index is 12.3. The topological polar surface area (TPSA) is 82.6 Å². The van der Waals surface area contributed by atoms with Crippen LogP contribution in [0.2, 0.25) is 0 Å². The Morgan fingerprint density at radius 2 is 1.89 bits per heavy atom. The van der Waals surface area contributed by atoms with Crippen molar-refractivity contribution in [2.75, 3.05) is 11.1 Å². The minimum absolute atomic E-state index is 0.163. The highest BCUT2D eigenvalue weighted by molar-refractivity contribution is 9.10. The normalized spacial score (nSPS) is 16.5. The first-order valence-corrected chi connectivity index (χ1v) is 11.9. The Hall–Kier alpha value is -1.81. The minimum Gasteiger partial charge on any atom is -0.335 e. The molecule has 3 N–H and O–H groups in total. The number of benzene rings is 2. The highest BCUT2D eigenvalue weighted by Gasteiger charge is 2.16. The first-order chi connectivity index (χ1) is 13.4. The summed E-state index contributed by atoms with van der Waals surface area (Å²) < 4.78 is 25.5. The van der Waals surface area contributed by atoms with E-state index in [9.17, 15) is 8.42 Å². The third-order valence-corrected chi connectivity index (χ3v) is 6.95. The van der Waals surface area contributed by atoms with Gasteiger partial charge in [-0.2, -0.15) is 0 Å². The van der Waals surface area contributed by atoms with E-state index in [2.05, 4.69) is 50.0 Å². The van der Waals surface area contributed by atoms with E-state index in [4.69, 9.17) is 0 Å². The smallest absolute Gasteiger partial charge is 0.257 e. The summed E-state index contributed by atoms with van der Waals surface area (Å²) in [6.07, 6.45) is 1.04. The molecule has 0 saturated heterocycles. The van der Waals surface area contributed by atoms with Crippen molar-refractivity contribution in [3.05, 3.63) is 65.1 Å². The Bertz CT molecular complexity index is 974. The quantitative estimate of drug-likeness (QED) is 0.517. The maximum Gasteiger partial charge on any atom is 0.257 e. The molecular weight excluding hydrogens is 460 g/mol. The Balaban J connectivity index is 1.58. The van der Waals surface area contributed by atoms with Crippen LogP contribution >= 0.6 is 27.7 Å². The molecule has 148 valence electrons. The van der Waals surface area contributed by atoms with Crippen molar-refractivity contribution in [1.82, 2.24) is 10.3 Å². The lowest BCUT2D eigenvalue weighted by Gasteiger charge is -2.13. The number of hydrazine groups is 1. The van der Waals surface area contributed by atoms with Gasteiger partial charge >= 0.3 is 0 Å². The van der Waals surface area contributed by atoms with Gasteiger partial charge in [-0.15, -0.1) is 4.83 Å². The highest BCUT2D eigenvalue weighted by Crippen LogP contribution is 2.22. The molecule has 0 unspecified atom stereocenters. The lowest BCUT2D eigenvalue weighted by Crippen LogP contribution is -2.35. The van der Waals surface area contributed by atoms with Gasteiger partial charge in [0.1, 0.15) is 0 Å². The minimum atomic E-state index is -3.69. The largest absolute Gasteiger partial charge is 0.335 e. The molecule has 0 fully saturated rings. The molecule has 28 heavy (non-hydrogen) atoms. The standard InChI is InChI=1S/C19H21BrN4O2S2/c1-3-16-12-27-19(21-16)22-17-8-4-14(5-9-17)13(2)23-24-28(25,26)18-10-6-15(20)7-11-18/h4-11,16,23-24H,2-3,12H2,1H3,(H,21,22)/t16-/m1/s1.